The Morgan fingerprint density at radius 2 is 1.77 bits per heavy atom. The molecule has 3 aromatic rings. The summed E-state index contributed by atoms with van der Waals surface area (Å²) in [5.74, 6) is -2.66. The Morgan fingerprint density at radius 3 is 2.43 bits per heavy atom. The van der Waals surface area contributed by atoms with Crippen LogP contribution in [0.1, 0.15) is 27.9 Å². The molecule has 0 fully saturated rings. The van der Waals surface area contributed by atoms with E-state index in [9.17, 15) is 18.7 Å². The molecule has 0 spiro atoms. The highest BCUT2D eigenvalue weighted by Crippen LogP contribution is 2.32. The van der Waals surface area contributed by atoms with Gasteiger partial charge in [0, 0.05) is 17.7 Å². The molecule has 2 N–H and O–H groups in total. The fraction of sp³-hybridized carbons (Fsp3) is 0.217. The van der Waals surface area contributed by atoms with Crippen LogP contribution in [0.25, 0.3) is 11.3 Å². The van der Waals surface area contributed by atoms with Crippen molar-refractivity contribution in [2.45, 2.75) is 27.2 Å². The number of hydrogen-bond donors (Lipinski definition) is 2. The highest BCUT2D eigenvalue weighted by atomic mass is 19.2. The van der Waals surface area contributed by atoms with Gasteiger partial charge in [-0.1, -0.05) is 0 Å². The minimum atomic E-state index is -1.05. The number of aryl methyl sites for hydroxylation is 1. The quantitative estimate of drug-likeness (QED) is 0.612. The number of hydrogen-bond acceptors (Lipinski definition) is 4. The molecular weight excluding hydrogens is 392 g/mol. The number of rotatable bonds is 6. The molecule has 0 unspecified atom stereocenters. The number of carboxylic acids is 1. The summed E-state index contributed by atoms with van der Waals surface area (Å²) in [6, 6.07) is 8.28. The molecule has 1 heterocycles. The van der Waals surface area contributed by atoms with Gasteiger partial charge in [0.05, 0.1) is 0 Å². The monoisotopic (exact) mass is 413 g/mol. The van der Waals surface area contributed by atoms with Gasteiger partial charge in [-0.3, -0.25) is 0 Å². The van der Waals surface area contributed by atoms with Gasteiger partial charge in [0.1, 0.15) is 17.2 Å². The van der Waals surface area contributed by atoms with E-state index in [1.54, 1.807) is 12.1 Å². The Kier molecular flexibility index (Phi) is 6.01. The molecule has 3 rings (SSSR count). The molecule has 0 aliphatic rings. The van der Waals surface area contributed by atoms with Crippen LogP contribution in [-0.4, -0.2) is 27.8 Å². The van der Waals surface area contributed by atoms with Crippen molar-refractivity contribution in [3.8, 4) is 22.8 Å². The normalized spacial score (nSPS) is 10.8. The lowest BCUT2D eigenvalue weighted by atomic mass is 9.93. The predicted octanol–water partition coefficient (Wildman–Crippen LogP) is 4.71. The Hall–Kier alpha value is -3.48. The summed E-state index contributed by atoms with van der Waals surface area (Å²) in [4.78, 5) is 15.2. The zero-order valence-electron chi connectivity index (χ0n) is 16.8. The molecule has 0 aliphatic heterocycles. The van der Waals surface area contributed by atoms with E-state index in [0.717, 1.165) is 34.4 Å². The number of benzene rings is 2. The zero-order chi connectivity index (χ0) is 22.0. The highest BCUT2D eigenvalue weighted by molar-refractivity contribution is 5.69. The molecule has 0 bridgehead atoms. The summed E-state index contributed by atoms with van der Waals surface area (Å²) >= 11 is 0. The largest absolute Gasteiger partial charge is 0.506 e. The number of carboxylic acid groups (broad SMARTS) is 1. The first-order valence-electron chi connectivity index (χ1n) is 9.26. The van der Waals surface area contributed by atoms with Crippen LogP contribution < -0.4 is 4.74 Å². The third-order valence-corrected chi connectivity index (χ3v) is 5.04. The molecular formula is C23H21F2NO4. The van der Waals surface area contributed by atoms with Gasteiger partial charge in [-0.25, -0.2) is 18.6 Å². The molecule has 1 aromatic heterocycles. The fourth-order valence-corrected chi connectivity index (χ4v) is 3.29. The number of nitrogens with zero attached hydrogens (tertiary/aromatic N) is 1. The SMILES string of the molecule is Cc1cc(OCC(=O)O)c(C)c(C)c1Cc1ccc(O)c(-c2ccc(F)c(F)c2)n1. The van der Waals surface area contributed by atoms with Crippen LogP contribution in [0.15, 0.2) is 36.4 Å². The van der Waals surface area contributed by atoms with Gasteiger partial charge >= 0.3 is 5.97 Å². The third kappa shape index (κ3) is 4.40. The second kappa shape index (κ2) is 8.49. The van der Waals surface area contributed by atoms with E-state index >= 15 is 0 Å². The van der Waals surface area contributed by atoms with Crippen molar-refractivity contribution in [3.63, 3.8) is 0 Å². The first-order chi connectivity index (χ1) is 14.2. The molecule has 5 nitrogen and oxygen atoms in total. The van der Waals surface area contributed by atoms with Crippen LogP contribution in [0.3, 0.4) is 0 Å². The minimum Gasteiger partial charge on any atom is -0.506 e. The van der Waals surface area contributed by atoms with E-state index in [4.69, 9.17) is 9.84 Å². The van der Waals surface area contributed by atoms with Gasteiger partial charge in [0.25, 0.3) is 0 Å². The second-order valence-electron chi connectivity index (χ2n) is 7.08. The molecule has 0 saturated heterocycles. The van der Waals surface area contributed by atoms with Crippen molar-refractivity contribution >= 4 is 5.97 Å². The van der Waals surface area contributed by atoms with Crippen molar-refractivity contribution in [1.82, 2.24) is 4.98 Å². The number of pyridine rings is 1. The lowest BCUT2D eigenvalue weighted by Gasteiger charge is -2.17. The lowest BCUT2D eigenvalue weighted by Crippen LogP contribution is -2.11. The number of aromatic nitrogens is 1. The van der Waals surface area contributed by atoms with E-state index < -0.39 is 24.2 Å². The van der Waals surface area contributed by atoms with E-state index in [2.05, 4.69) is 4.98 Å². The van der Waals surface area contributed by atoms with E-state index in [-0.39, 0.29) is 17.0 Å². The summed E-state index contributed by atoms with van der Waals surface area (Å²) < 4.78 is 32.2. The van der Waals surface area contributed by atoms with Gasteiger partial charge in [0.15, 0.2) is 18.2 Å². The van der Waals surface area contributed by atoms with Crippen LogP contribution >= 0.6 is 0 Å². The molecule has 0 aliphatic carbocycles. The summed E-state index contributed by atoms with van der Waals surface area (Å²) in [6.45, 7) is 5.25. The Bertz CT molecular complexity index is 1130. The molecule has 30 heavy (non-hydrogen) atoms. The van der Waals surface area contributed by atoms with Crippen LogP contribution in [0.4, 0.5) is 8.78 Å². The summed E-state index contributed by atoms with van der Waals surface area (Å²) in [6.07, 6.45) is 0.439. The smallest absolute Gasteiger partial charge is 0.341 e. The van der Waals surface area contributed by atoms with Crippen molar-refractivity contribution in [2.75, 3.05) is 6.61 Å². The van der Waals surface area contributed by atoms with Crippen LogP contribution in [0.5, 0.6) is 11.5 Å². The van der Waals surface area contributed by atoms with Gasteiger partial charge < -0.3 is 14.9 Å². The Balaban J connectivity index is 1.96. The molecule has 7 heteroatoms. The van der Waals surface area contributed by atoms with E-state index in [1.807, 2.05) is 20.8 Å². The Morgan fingerprint density at radius 1 is 1.03 bits per heavy atom. The number of carbonyl (C=O) groups is 1. The number of halogens is 2. The first-order valence-corrected chi connectivity index (χ1v) is 9.26. The average Bonchev–Trinajstić information content (AvgIpc) is 2.70. The maximum Gasteiger partial charge on any atom is 0.341 e. The first kappa shape index (κ1) is 21.2. The molecule has 0 amide bonds. The summed E-state index contributed by atoms with van der Waals surface area (Å²) in [5, 5.41) is 19.0. The predicted molar refractivity (Wildman–Crippen MR) is 108 cm³/mol. The minimum absolute atomic E-state index is 0.133. The average molecular weight is 413 g/mol. The second-order valence-corrected chi connectivity index (χ2v) is 7.08. The summed E-state index contributed by atoms with van der Waals surface area (Å²) in [5.41, 5.74) is 4.75. The van der Waals surface area contributed by atoms with E-state index in [1.165, 1.54) is 12.1 Å². The molecule has 156 valence electrons. The zero-order valence-corrected chi connectivity index (χ0v) is 16.8. The van der Waals surface area contributed by atoms with Crippen LogP contribution in [0, 0.1) is 32.4 Å². The van der Waals surface area contributed by atoms with Gasteiger partial charge in [-0.15, -0.1) is 0 Å². The van der Waals surface area contributed by atoms with Gasteiger partial charge in [-0.2, -0.15) is 0 Å². The summed E-state index contributed by atoms with van der Waals surface area (Å²) in [7, 11) is 0. The third-order valence-electron chi connectivity index (χ3n) is 5.04. The van der Waals surface area contributed by atoms with Crippen LogP contribution in [-0.2, 0) is 11.2 Å². The topological polar surface area (TPSA) is 79.7 Å². The van der Waals surface area contributed by atoms with Crippen LogP contribution in [0.2, 0.25) is 0 Å². The van der Waals surface area contributed by atoms with Gasteiger partial charge in [0.2, 0.25) is 0 Å². The van der Waals surface area contributed by atoms with Crippen molar-refractivity contribution in [3.05, 3.63) is 76.0 Å². The van der Waals surface area contributed by atoms with E-state index in [0.29, 0.717) is 17.9 Å². The molecule has 0 saturated carbocycles. The van der Waals surface area contributed by atoms with Crippen molar-refractivity contribution in [2.24, 2.45) is 0 Å². The number of ether oxygens (including phenoxy) is 1. The van der Waals surface area contributed by atoms with Crippen molar-refractivity contribution < 1.29 is 28.5 Å². The maximum atomic E-state index is 13.6. The standard InChI is InChI=1S/C23H21F2NO4/c1-12-8-21(30-11-22(28)29)14(3)13(2)17(12)10-16-5-7-20(27)23(26-16)15-4-6-18(24)19(25)9-15/h4-9,27H,10-11H2,1-3H3,(H,28,29). The highest BCUT2D eigenvalue weighted by Gasteiger charge is 2.15. The lowest BCUT2D eigenvalue weighted by molar-refractivity contribution is -0.139. The molecule has 2 aromatic carbocycles. The Labute approximate surface area is 172 Å². The number of aromatic hydroxyl groups is 1. The molecule has 0 radical (unpaired) electrons. The number of aliphatic carboxylic acids is 1. The maximum absolute atomic E-state index is 13.6. The van der Waals surface area contributed by atoms with Gasteiger partial charge in [-0.05, 0) is 79.4 Å². The molecule has 0 atom stereocenters. The van der Waals surface area contributed by atoms with Crippen molar-refractivity contribution in [1.29, 1.82) is 0 Å². The fourth-order valence-electron chi connectivity index (χ4n) is 3.29.